The molecule has 30 heteroatoms. The largest absolute Gasteiger partial charge is 0.462 e. The van der Waals surface area contributed by atoms with Gasteiger partial charge in [0.1, 0.15) is 109 Å². The van der Waals surface area contributed by atoms with Crippen molar-refractivity contribution in [2.45, 2.75) is 273 Å². The number of allylic oxidation sites excluding steroid dienone is 2. The summed E-state index contributed by atoms with van der Waals surface area (Å²) in [6.45, 7) is 15.2. The van der Waals surface area contributed by atoms with Crippen LogP contribution < -0.4 is 0 Å². The summed E-state index contributed by atoms with van der Waals surface area (Å²) in [5.74, 6) is -0.620. The molecule has 0 radical (unpaired) electrons. The zero-order valence-electron chi connectivity index (χ0n) is 52.6. The molecular weight excluding hydrogens is 1220 g/mol. The van der Waals surface area contributed by atoms with Crippen molar-refractivity contribution >= 4 is 22.3 Å². The highest BCUT2D eigenvalue weighted by atomic mass is 32.3. The van der Waals surface area contributed by atoms with Crippen LogP contribution in [0, 0.1) is 45.3 Å². The van der Waals surface area contributed by atoms with Gasteiger partial charge in [-0.15, -0.1) is 0 Å². The molecule has 4 aliphatic carbocycles. The molecule has 0 aromatic rings. The Hall–Kier alpha value is -2.29. The fraction of sp³-hybridized carbons (Fsp3) is 0.933. The van der Waals surface area contributed by atoms with Gasteiger partial charge in [-0.2, -0.15) is 8.42 Å². The first-order valence-electron chi connectivity index (χ1n) is 31.6. The number of rotatable bonds is 19. The monoisotopic (exact) mass is 1310 g/mol. The van der Waals surface area contributed by atoms with Crippen molar-refractivity contribution in [1.82, 2.24) is 0 Å². The number of hydrogen-bond donors (Lipinski definition) is 11. The predicted molar refractivity (Wildman–Crippen MR) is 302 cm³/mol. The van der Waals surface area contributed by atoms with Crippen LogP contribution in [0.1, 0.15) is 120 Å². The summed E-state index contributed by atoms with van der Waals surface area (Å²) in [5, 5.41) is 111. The molecular formula is C60H96O29S. The van der Waals surface area contributed by atoms with Gasteiger partial charge < -0.3 is 113 Å². The number of carbonyl (C=O) groups is 2. The fourth-order valence-electron chi connectivity index (χ4n) is 17.7. The number of hydrogen-bond acceptors (Lipinski definition) is 28. The Balaban J connectivity index is 0.904. The molecule has 3 saturated carbocycles. The van der Waals surface area contributed by atoms with Gasteiger partial charge in [0.25, 0.3) is 0 Å². The minimum atomic E-state index is -5.26. The van der Waals surface area contributed by atoms with E-state index in [9.17, 15) is 73.6 Å². The summed E-state index contributed by atoms with van der Waals surface area (Å²) in [6, 6.07) is 0. The molecule has 6 heterocycles. The molecule has 0 aromatic carbocycles. The number of carbonyl (C=O) groups excluding carboxylic acids is 2. The molecule has 0 bridgehead atoms. The van der Waals surface area contributed by atoms with Crippen molar-refractivity contribution < 1.29 is 139 Å². The Morgan fingerprint density at radius 1 is 0.700 bits per heavy atom. The van der Waals surface area contributed by atoms with Gasteiger partial charge in [-0.1, -0.05) is 59.6 Å². The second-order valence-electron chi connectivity index (χ2n) is 28.4. The van der Waals surface area contributed by atoms with E-state index >= 15 is 0 Å². The van der Waals surface area contributed by atoms with Crippen molar-refractivity contribution in [3.05, 3.63) is 11.6 Å². The van der Waals surface area contributed by atoms with Gasteiger partial charge in [0.2, 0.25) is 0 Å². The van der Waals surface area contributed by atoms with Crippen molar-refractivity contribution in [2.75, 3.05) is 33.5 Å². The minimum Gasteiger partial charge on any atom is -0.462 e. The summed E-state index contributed by atoms with van der Waals surface area (Å²) in [6.07, 6.45) is -30.9. The predicted octanol–water partition coefficient (Wildman–Crippen LogP) is -0.837. The molecule has 31 atom stereocenters. The van der Waals surface area contributed by atoms with Crippen LogP contribution in [0.5, 0.6) is 0 Å². The Morgan fingerprint density at radius 2 is 1.32 bits per heavy atom. The zero-order chi connectivity index (χ0) is 65.7. The molecule has 90 heavy (non-hydrogen) atoms. The molecule has 6 saturated heterocycles. The van der Waals surface area contributed by atoms with E-state index in [1.807, 2.05) is 6.92 Å². The third kappa shape index (κ3) is 12.6. The van der Waals surface area contributed by atoms with E-state index in [-0.39, 0.29) is 29.1 Å². The molecule has 10 aliphatic rings. The van der Waals surface area contributed by atoms with Crippen LogP contribution in [0.2, 0.25) is 0 Å². The number of methoxy groups -OCH3 is 1. The van der Waals surface area contributed by atoms with Gasteiger partial charge in [0.05, 0.1) is 50.0 Å². The van der Waals surface area contributed by atoms with Crippen molar-refractivity contribution in [3.8, 4) is 0 Å². The van der Waals surface area contributed by atoms with Gasteiger partial charge in [-0.05, 0) is 93.8 Å². The quantitative estimate of drug-likeness (QED) is 0.0427. The second kappa shape index (κ2) is 26.6. The number of aliphatic hydroxyl groups excluding tert-OH is 10. The smallest absolute Gasteiger partial charge is 0.397 e. The summed E-state index contributed by atoms with van der Waals surface area (Å²) >= 11 is 0. The van der Waals surface area contributed by atoms with Crippen molar-refractivity contribution in [1.29, 1.82) is 0 Å². The maximum absolute atomic E-state index is 14.8. The second-order valence-corrected chi connectivity index (χ2v) is 29.5. The Bertz CT molecular complexity index is 2670. The fourth-order valence-corrected chi connectivity index (χ4v) is 18.2. The lowest BCUT2D eigenvalue weighted by Crippen LogP contribution is -2.67. The van der Waals surface area contributed by atoms with E-state index in [1.165, 1.54) is 26.5 Å². The number of cyclic esters (lactones) is 1. The van der Waals surface area contributed by atoms with Crippen LogP contribution in [-0.4, -0.2) is 263 Å². The molecule has 516 valence electrons. The normalized spacial score (nSPS) is 50.3. The van der Waals surface area contributed by atoms with Gasteiger partial charge in [0.15, 0.2) is 31.5 Å². The van der Waals surface area contributed by atoms with Crippen LogP contribution >= 0.6 is 0 Å². The van der Waals surface area contributed by atoms with E-state index in [0.717, 1.165) is 12.8 Å². The van der Waals surface area contributed by atoms with Crippen LogP contribution in [-0.2, 0) is 85.8 Å². The van der Waals surface area contributed by atoms with E-state index < -0.39 is 212 Å². The molecule has 0 aromatic heterocycles. The first-order valence-corrected chi connectivity index (χ1v) is 33.0. The lowest BCUT2D eigenvalue weighted by molar-refractivity contribution is -0.399. The van der Waals surface area contributed by atoms with Crippen LogP contribution in [0.25, 0.3) is 0 Å². The standard InChI is InChI=1S/C60H96O29S/c1-25(2)12-11-17-59(9)49-32(81-27(4)62)20-58(8)29-13-14-35-56(5,6)36(16-18-57(35,7)28(29)15-19-60(49,58)55(72)88-59)83-53-47(39(67)34(24-79-53)89-90(73,74)75)87-54-48(86-50-40(68)37(65)30(63)22-77-50)41(69)44(26(3)80-54)84-51-42(70)45(31(64)23-78-51)85-52-43(71)46(76-10)38(66)33(21-61)82-52/h13,25-26,28,30-54,61,63-71H,11-12,14-24H2,1-10H3,(H,73,74,75)/t26?,28-,30?,31?,32+,33?,34?,35?,36+,37?,38?,39?,40?,41?,42?,43?,44?,45?,46?,47?,48?,49-,50?,51?,52?,53?,54?,57-,58+,59+,60?/m1/s1. The van der Waals surface area contributed by atoms with E-state index in [0.29, 0.717) is 50.9 Å². The zero-order valence-corrected chi connectivity index (χ0v) is 53.4. The number of esters is 2. The molecule has 0 amide bonds. The van der Waals surface area contributed by atoms with Crippen molar-refractivity contribution in [3.63, 3.8) is 0 Å². The first kappa shape index (κ1) is 70.5. The molecule has 9 fully saturated rings. The molecule has 6 aliphatic heterocycles. The Morgan fingerprint density at radius 3 is 1.98 bits per heavy atom. The summed E-state index contributed by atoms with van der Waals surface area (Å²) in [7, 11) is -4.06. The third-order valence-electron chi connectivity index (χ3n) is 22.1. The van der Waals surface area contributed by atoms with E-state index in [4.69, 9.17) is 65.8 Å². The van der Waals surface area contributed by atoms with Gasteiger partial charge >= 0.3 is 22.3 Å². The van der Waals surface area contributed by atoms with E-state index in [1.54, 1.807) is 0 Å². The molecule has 11 N–H and O–H groups in total. The van der Waals surface area contributed by atoms with Gasteiger partial charge in [-0.25, -0.2) is 4.18 Å². The topological polar surface area (TPSA) is 420 Å². The highest BCUT2D eigenvalue weighted by molar-refractivity contribution is 7.80. The lowest BCUT2D eigenvalue weighted by atomic mass is 9.41. The van der Waals surface area contributed by atoms with Crippen molar-refractivity contribution in [2.24, 2.45) is 45.3 Å². The van der Waals surface area contributed by atoms with Gasteiger partial charge in [-0.3, -0.25) is 14.1 Å². The Labute approximate surface area is 523 Å². The summed E-state index contributed by atoms with van der Waals surface area (Å²) in [5.41, 5.74) is -2.36. The average Bonchev–Trinajstić information content (AvgIpc) is 1.46. The summed E-state index contributed by atoms with van der Waals surface area (Å²) in [4.78, 5) is 27.6. The highest BCUT2D eigenvalue weighted by Gasteiger charge is 2.79. The average molecular weight is 1310 g/mol. The molecule has 1 spiro atoms. The highest BCUT2D eigenvalue weighted by Crippen LogP contribution is 2.77. The van der Waals surface area contributed by atoms with Crippen LogP contribution in [0.15, 0.2) is 11.6 Å². The summed E-state index contributed by atoms with van der Waals surface area (Å²) < 4.78 is 118. The number of ether oxygens (including phenoxy) is 13. The number of aliphatic hydroxyl groups is 10. The molecule has 29 nitrogen and oxygen atoms in total. The maximum Gasteiger partial charge on any atom is 0.397 e. The number of fused-ring (bicyclic) bond motifs is 4. The van der Waals surface area contributed by atoms with Crippen LogP contribution in [0.4, 0.5) is 0 Å². The minimum absolute atomic E-state index is 0.00396. The van der Waals surface area contributed by atoms with Gasteiger partial charge in [0, 0.05) is 19.4 Å². The lowest BCUT2D eigenvalue weighted by Gasteiger charge is -2.64. The first-order chi connectivity index (χ1) is 42.2. The third-order valence-corrected chi connectivity index (χ3v) is 22.6. The maximum atomic E-state index is 14.8. The molecule has 24 unspecified atom stereocenters. The Kier molecular flexibility index (Phi) is 20.8. The SMILES string of the molecule is COC1C(O)C(CO)OC(OC2C(O)COC(OC3C(C)OC(OC4C(O[C@H]5CC[C@@]6(C)C(CC=C7[C@H]6CCC68C(=O)O[C@@](C)(CCCC(C)C)[C@H]6[C@@H](OC(C)=O)C[C@@]78C)C5(C)C)OCC(OS(=O)(=O)O)C4O)C(OC4OCC(O)C(O)C4O)C3O)C2O)C1O. The molecule has 10 rings (SSSR count). The van der Waals surface area contributed by atoms with Crippen LogP contribution in [0.3, 0.4) is 0 Å². The van der Waals surface area contributed by atoms with E-state index in [2.05, 4.69) is 47.6 Å².